The Balaban J connectivity index is 1.69. The lowest BCUT2D eigenvalue weighted by molar-refractivity contribution is -0.394. The van der Waals surface area contributed by atoms with Crippen LogP contribution in [0.3, 0.4) is 0 Å². The summed E-state index contributed by atoms with van der Waals surface area (Å²) in [5.41, 5.74) is -1.46. The molecule has 0 N–H and O–H groups in total. The highest BCUT2D eigenvalue weighted by Gasteiger charge is 2.36. The van der Waals surface area contributed by atoms with Gasteiger partial charge in [0.15, 0.2) is 0 Å². The molecule has 1 aliphatic heterocycles. The first-order valence-corrected chi connectivity index (χ1v) is 10.1. The molecule has 35 heavy (non-hydrogen) atoms. The molecule has 3 aromatic carbocycles. The molecule has 0 atom stereocenters. The second-order valence-corrected chi connectivity index (χ2v) is 7.46. The Kier molecular flexibility index (Phi) is 6.02. The Hall–Kier alpha value is -5.00. The van der Waals surface area contributed by atoms with E-state index in [0.29, 0.717) is 6.07 Å². The van der Waals surface area contributed by atoms with Crippen LogP contribution in [-0.2, 0) is 0 Å². The van der Waals surface area contributed by atoms with Gasteiger partial charge in [0.1, 0.15) is 11.4 Å². The number of carbonyl (C=O) groups excluding carboxylic acids is 3. The summed E-state index contributed by atoms with van der Waals surface area (Å²) in [4.78, 5) is 61.5. The van der Waals surface area contributed by atoms with Crippen molar-refractivity contribution in [2.45, 2.75) is 0 Å². The van der Waals surface area contributed by atoms with E-state index < -0.39 is 50.3 Å². The number of nitro groups is 2. The molecule has 3 amide bonds. The molecule has 0 radical (unpaired) electrons. The van der Waals surface area contributed by atoms with Crippen LogP contribution in [0.5, 0.6) is 0 Å². The molecule has 0 bridgehead atoms. The third-order valence-corrected chi connectivity index (χ3v) is 5.41. The minimum atomic E-state index is -0.964. The van der Waals surface area contributed by atoms with E-state index in [1.54, 1.807) is 12.1 Å². The number of non-ortho nitro benzene ring substituents is 1. The zero-order chi connectivity index (χ0) is 25.3. The fourth-order valence-corrected chi connectivity index (χ4v) is 3.75. The molecule has 0 aromatic heterocycles. The molecule has 4 rings (SSSR count). The highest BCUT2D eigenvalue weighted by Crippen LogP contribution is 2.29. The number of carbonyl (C=O) groups is 3. The monoisotopic (exact) mass is 478 g/mol. The van der Waals surface area contributed by atoms with Gasteiger partial charge >= 0.3 is 0 Å². The smallest absolute Gasteiger partial charge is 0.289 e. The van der Waals surface area contributed by atoms with E-state index in [0.717, 1.165) is 34.1 Å². The van der Waals surface area contributed by atoms with Crippen molar-refractivity contribution in [1.82, 2.24) is 4.90 Å². The first-order chi connectivity index (χ1) is 16.7. The van der Waals surface area contributed by atoms with Crippen molar-refractivity contribution < 1.29 is 28.6 Å². The molecule has 0 unspecified atom stereocenters. The molecule has 0 fully saturated rings. The molecule has 0 saturated carbocycles. The lowest BCUT2D eigenvalue weighted by Gasteiger charge is -2.25. The van der Waals surface area contributed by atoms with E-state index in [1.807, 2.05) is 0 Å². The largest absolute Gasteiger partial charge is 0.306 e. The van der Waals surface area contributed by atoms with Crippen molar-refractivity contribution in [1.29, 1.82) is 0 Å². The summed E-state index contributed by atoms with van der Waals surface area (Å²) in [6.07, 6.45) is 0. The maximum atomic E-state index is 13.9. The van der Waals surface area contributed by atoms with Gasteiger partial charge in [0.25, 0.3) is 29.1 Å². The third kappa shape index (κ3) is 4.31. The normalized spacial score (nSPS) is 12.4. The number of halogens is 1. The maximum absolute atomic E-state index is 13.9. The topological polar surface area (TPSA) is 144 Å². The first kappa shape index (κ1) is 23.2. The predicted octanol–water partition coefficient (Wildman–Crippen LogP) is 3.59. The minimum Gasteiger partial charge on any atom is -0.306 e. The molecule has 0 spiro atoms. The molecule has 12 heteroatoms. The first-order valence-electron chi connectivity index (χ1n) is 10.1. The van der Waals surface area contributed by atoms with Crippen LogP contribution >= 0.6 is 0 Å². The van der Waals surface area contributed by atoms with Crippen LogP contribution < -0.4 is 4.90 Å². The number of rotatable bonds is 7. The summed E-state index contributed by atoms with van der Waals surface area (Å²) in [6, 6.07) is 13.5. The van der Waals surface area contributed by atoms with Gasteiger partial charge in [0.2, 0.25) is 0 Å². The summed E-state index contributed by atoms with van der Waals surface area (Å²) >= 11 is 0. The van der Waals surface area contributed by atoms with Gasteiger partial charge in [-0.15, -0.1) is 0 Å². The highest BCUT2D eigenvalue weighted by atomic mass is 19.1. The molecular formula is C23H15FN4O7. The number of imide groups is 1. The van der Waals surface area contributed by atoms with E-state index in [9.17, 15) is 39.0 Å². The van der Waals surface area contributed by atoms with Gasteiger partial charge in [-0.1, -0.05) is 18.2 Å². The number of anilines is 1. The predicted molar refractivity (Wildman–Crippen MR) is 120 cm³/mol. The van der Waals surface area contributed by atoms with Crippen molar-refractivity contribution in [3.05, 3.63) is 109 Å². The van der Waals surface area contributed by atoms with E-state index >= 15 is 0 Å². The Morgan fingerprint density at radius 3 is 2.11 bits per heavy atom. The summed E-state index contributed by atoms with van der Waals surface area (Å²) in [5, 5.41) is 22.6. The van der Waals surface area contributed by atoms with Gasteiger partial charge in [-0.05, 0) is 36.4 Å². The zero-order valence-electron chi connectivity index (χ0n) is 17.8. The lowest BCUT2D eigenvalue weighted by atomic mass is 10.1. The van der Waals surface area contributed by atoms with Gasteiger partial charge < -0.3 is 4.90 Å². The van der Waals surface area contributed by atoms with Crippen molar-refractivity contribution >= 4 is 34.8 Å². The lowest BCUT2D eigenvalue weighted by Crippen LogP contribution is -2.41. The Labute approximate surface area is 196 Å². The average Bonchev–Trinajstić information content (AvgIpc) is 3.08. The maximum Gasteiger partial charge on any atom is 0.289 e. The van der Waals surface area contributed by atoms with Crippen LogP contribution in [0.25, 0.3) is 0 Å². The van der Waals surface area contributed by atoms with Crippen molar-refractivity contribution in [3.8, 4) is 0 Å². The number of fused-ring (bicyclic) bond motifs is 1. The van der Waals surface area contributed by atoms with Crippen LogP contribution in [0.15, 0.2) is 66.7 Å². The van der Waals surface area contributed by atoms with Gasteiger partial charge in [-0.25, -0.2) is 4.39 Å². The number of benzene rings is 3. The van der Waals surface area contributed by atoms with Gasteiger partial charge in [0.05, 0.1) is 27.0 Å². The third-order valence-electron chi connectivity index (χ3n) is 5.41. The van der Waals surface area contributed by atoms with Crippen LogP contribution in [0, 0.1) is 26.0 Å². The second kappa shape index (κ2) is 9.09. The zero-order valence-corrected chi connectivity index (χ0v) is 17.8. The standard InChI is InChI=1S/C23H15FN4O7/c24-14-4-3-5-15(12-14)25(10-11-26-21(29)17-6-1-2-7-18(17)22(26)30)23(31)19-9-8-16(27(32)33)13-20(19)28(34)35/h1-9,12-13H,10-11H2. The van der Waals surface area contributed by atoms with E-state index in [-0.39, 0.29) is 29.9 Å². The molecule has 3 aromatic rings. The molecular weight excluding hydrogens is 463 g/mol. The van der Waals surface area contributed by atoms with Gasteiger partial charge in [0, 0.05) is 24.8 Å². The number of hydrogen-bond acceptors (Lipinski definition) is 7. The summed E-state index contributed by atoms with van der Waals surface area (Å²) in [6.45, 7) is -0.600. The summed E-state index contributed by atoms with van der Waals surface area (Å²) in [5.74, 6) is -2.80. The minimum absolute atomic E-state index is 0.0132. The molecule has 0 saturated heterocycles. The Bertz CT molecular complexity index is 1370. The highest BCUT2D eigenvalue weighted by molar-refractivity contribution is 6.21. The fraction of sp³-hybridized carbons (Fsp3) is 0.0870. The van der Waals surface area contributed by atoms with E-state index in [2.05, 4.69) is 0 Å². The van der Waals surface area contributed by atoms with Crippen LogP contribution in [0.2, 0.25) is 0 Å². The van der Waals surface area contributed by atoms with Crippen molar-refractivity contribution in [2.75, 3.05) is 18.0 Å². The van der Waals surface area contributed by atoms with E-state index in [1.165, 1.54) is 24.3 Å². The molecule has 1 aliphatic rings. The van der Waals surface area contributed by atoms with Crippen LogP contribution in [0.1, 0.15) is 31.1 Å². The quantitative estimate of drug-likeness (QED) is 0.287. The van der Waals surface area contributed by atoms with Crippen molar-refractivity contribution in [2.24, 2.45) is 0 Å². The van der Waals surface area contributed by atoms with Crippen molar-refractivity contribution in [3.63, 3.8) is 0 Å². The Morgan fingerprint density at radius 2 is 1.54 bits per heavy atom. The second-order valence-electron chi connectivity index (χ2n) is 7.46. The van der Waals surface area contributed by atoms with Gasteiger partial charge in [-0.2, -0.15) is 0 Å². The molecule has 0 aliphatic carbocycles. The molecule has 11 nitrogen and oxygen atoms in total. The number of nitro benzene ring substituents is 2. The molecule has 1 heterocycles. The fourth-order valence-electron chi connectivity index (χ4n) is 3.75. The number of nitrogens with zero attached hydrogens (tertiary/aromatic N) is 4. The summed E-state index contributed by atoms with van der Waals surface area (Å²) < 4.78 is 13.9. The van der Waals surface area contributed by atoms with Gasteiger partial charge in [-0.3, -0.25) is 39.5 Å². The Morgan fingerprint density at radius 1 is 0.886 bits per heavy atom. The number of hydrogen-bond donors (Lipinski definition) is 0. The molecule has 176 valence electrons. The van der Waals surface area contributed by atoms with Crippen LogP contribution in [0.4, 0.5) is 21.5 Å². The summed E-state index contributed by atoms with van der Waals surface area (Å²) in [7, 11) is 0. The van der Waals surface area contributed by atoms with Crippen LogP contribution in [-0.4, -0.2) is 45.6 Å². The SMILES string of the molecule is O=C1c2ccccc2C(=O)N1CCN(C(=O)c1ccc([N+](=O)[O-])cc1[N+](=O)[O-])c1cccc(F)c1. The number of amides is 3. The average molecular weight is 478 g/mol. The van der Waals surface area contributed by atoms with E-state index in [4.69, 9.17) is 0 Å².